The van der Waals surface area contributed by atoms with E-state index in [0.29, 0.717) is 0 Å². The molecule has 0 bridgehead atoms. The van der Waals surface area contributed by atoms with E-state index in [9.17, 15) is 0 Å². The highest BCUT2D eigenvalue weighted by molar-refractivity contribution is 9.10. The minimum Gasteiger partial charge on any atom is -0.497 e. The van der Waals surface area contributed by atoms with Crippen LogP contribution in [0.3, 0.4) is 0 Å². The van der Waals surface area contributed by atoms with E-state index in [2.05, 4.69) is 37.6 Å². The van der Waals surface area contributed by atoms with E-state index < -0.39 is 0 Å². The first-order valence-corrected chi connectivity index (χ1v) is 8.39. The minimum absolute atomic E-state index is 0.718. The van der Waals surface area contributed by atoms with Gasteiger partial charge in [0.1, 0.15) is 11.6 Å². The van der Waals surface area contributed by atoms with Crippen LogP contribution in [0, 0.1) is 0 Å². The molecule has 1 heterocycles. The van der Waals surface area contributed by atoms with Crippen molar-refractivity contribution in [3.05, 3.63) is 81.3 Å². The molecule has 0 aliphatic rings. The van der Waals surface area contributed by atoms with Gasteiger partial charge < -0.3 is 9.30 Å². The van der Waals surface area contributed by atoms with Crippen molar-refractivity contribution in [1.82, 2.24) is 9.55 Å². The van der Waals surface area contributed by atoms with E-state index in [1.54, 1.807) is 7.11 Å². The molecule has 0 unspecified atom stereocenters. The predicted molar refractivity (Wildman–Crippen MR) is 96.3 cm³/mol. The fourth-order valence-electron chi connectivity index (χ4n) is 2.41. The van der Waals surface area contributed by atoms with Gasteiger partial charge in [-0.15, -0.1) is 0 Å². The smallest absolute Gasteiger partial charge is 0.118 e. The summed E-state index contributed by atoms with van der Waals surface area (Å²) >= 11 is 9.51. The van der Waals surface area contributed by atoms with Gasteiger partial charge in [0.25, 0.3) is 0 Å². The molecule has 1 aromatic heterocycles. The fraction of sp³-hybridized carbons (Fsp3) is 0.167. The average Bonchev–Trinajstić information content (AvgIpc) is 2.98. The highest BCUT2D eigenvalue weighted by Crippen LogP contribution is 2.24. The summed E-state index contributed by atoms with van der Waals surface area (Å²) in [6, 6.07) is 14.1. The van der Waals surface area contributed by atoms with Crippen molar-refractivity contribution in [3.63, 3.8) is 0 Å². The average molecular weight is 392 g/mol. The molecule has 0 aliphatic heterocycles. The maximum atomic E-state index is 6.05. The van der Waals surface area contributed by atoms with Gasteiger partial charge in [-0.05, 0) is 51.3 Å². The minimum atomic E-state index is 0.718. The van der Waals surface area contributed by atoms with Gasteiger partial charge >= 0.3 is 0 Å². The predicted octanol–water partition coefficient (Wildman–Crippen LogP) is 4.95. The summed E-state index contributed by atoms with van der Waals surface area (Å²) in [7, 11) is 1.67. The van der Waals surface area contributed by atoms with Gasteiger partial charge in [0.2, 0.25) is 0 Å². The Morgan fingerprint density at radius 3 is 2.57 bits per heavy atom. The summed E-state index contributed by atoms with van der Waals surface area (Å²) < 4.78 is 8.26. The topological polar surface area (TPSA) is 27.1 Å². The van der Waals surface area contributed by atoms with Crippen molar-refractivity contribution in [1.29, 1.82) is 0 Å². The van der Waals surface area contributed by atoms with Gasteiger partial charge in [-0.3, -0.25) is 0 Å². The van der Waals surface area contributed by atoms with Crippen LogP contribution in [0.2, 0.25) is 5.02 Å². The molecule has 0 spiro atoms. The van der Waals surface area contributed by atoms with E-state index in [1.807, 2.05) is 42.7 Å². The number of ether oxygens (including phenoxy) is 1. The number of imidazole rings is 1. The van der Waals surface area contributed by atoms with Crippen LogP contribution >= 0.6 is 27.5 Å². The van der Waals surface area contributed by atoms with Crippen LogP contribution in [0.1, 0.15) is 17.0 Å². The first-order valence-electron chi connectivity index (χ1n) is 7.22. The van der Waals surface area contributed by atoms with Crippen LogP contribution in [-0.2, 0) is 13.0 Å². The van der Waals surface area contributed by atoms with Gasteiger partial charge in [0.05, 0.1) is 12.1 Å². The number of hydrogen-bond donors (Lipinski definition) is 0. The van der Waals surface area contributed by atoms with E-state index in [1.165, 1.54) is 11.1 Å². The lowest BCUT2D eigenvalue weighted by atomic mass is 10.1. The summed E-state index contributed by atoms with van der Waals surface area (Å²) in [5.74, 6) is 1.89. The normalized spacial score (nSPS) is 10.7. The third-order valence-electron chi connectivity index (χ3n) is 3.66. The van der Waals surface area contributed by atoms with Crippen molar-refractivity contribution in [2.75, 3.05) is 7.11 Å². The molecule has 3 rings (SSSR count). The summed E-state index contributed by atoms with van der Waals surface area (Å²) in [4.78, 5) is 4.48. The van der Waals surface area contributed by atoms with Crippen LogP contribution in [0.25, 0.3) is 0 Å². The number of hydrogen-bond acceptors (Lipinski definition) is 2. The zero-order valence-corrected chi connectivity index (χ0v) is 15.0. The molecule has 3 nitrogen and oxygen atoms in total. The summed E-state index contributed by atoms with van der Waals surface area (Å²) in [5.41, 5.74) is 2.38. The molecular weight excluding hydrogens is 376 g/mol. The van der Waals surface area contributed by atoms with Gasteiger partial charge in [0.15, 0.2) is 0 Å². The summed E-state index contributed by atoms with van der Waals surface area (Å²) in [6.45, 7) is 0.786. The van der Waals surface area contributed by atoms with Gasteiger partial charge in [-0.25, -0.2) is 4.98 Å². The van der Waals surface area contributed by atoms with Crippen LogP contribution in [0.5, 0.6) is 5.75 Å². The van der Waals surface area contributed by atoms with Crippen LogP contribution in [0.15, 0.2) is 59.3 Å². The molecule has 0 radical (unpaired) electrons. The summed E-state index contributed by atoms with van der Waals surface area (Å²) in [5, 5.41) is 0.718. The van der Waals surface area contributed by atoms with Gasteiger partial charge in [-0.1, -0.05) is 29.8 Å². The fourth-order valence-corrected chi connectivity index (χ4v) is 2.95. The third kappa shape index (κ3) is 3.95. The second-order valence-electron chi connectivity index (χ2n) is 5.24. The van der Waals surface area contributed by atoms with Gasteiger partial charge in [-0.2, -0.15) is 0 Å². The van der Waals surface area contributed by atoms with E-state index in [-0.39, 0.29) is 0 Å². The van der Waals surface area contributed by atoms with Crippen molar-refractivity contribution >= 4 is 27.5 Å². The first-order chi connectivity index (χ1) is 11.2. The van der Waals surface area contributed by atoms with E-state index in [0.717, 1.165) is 34.0 Å². The molecule has 118 valence electrons. The lowest BCUT2D eigenvalue weighted by Gasteiger charge is -2.09. The van der Waals surface area contributed by atoms with Crippen molar-refractivity contribution < 1.29 is 4.74 Å². The molecule has 0 atom stereocenters. The van der Waals surface area contributed by atoms with Crippen LogP contribution in [0.4, 0.5) is 0 Å². The Labute approximate surface area is 149 Å². The zero-order valence-electron chi connectivity index (χ0n) is 12.7. The lowest BCUT2D eigenvalue weighted by Crippen LogP contribution is -2.05. The quantitative estimate of drug-likeness (QED) is 0.615. The molecule has 5 heteroatoms. The molecule has 0 aliphatic carbocycles. The van der Waals surface area contributed by atoms with Crippen molar-refractivity contribution in [2.24, 2.45) is 0 Å². The highest BCUT2D eigenvalue weighted by Gasteiger charge is 2.07. The molecule has 0 N–H and O–H groups in total. The second kappa shape index (κ2) is 7.20. The largest absolute Gasteiger partial charge is 0.497 e. The Morgan fingerprint density at radius 2 is 1.87 bits per heavy atom. The molecular formula is C18H16BrClN2O. The van der Waals surface area contributed by atoms with E-state index >= 15 is 0 Å². The standard InChI is InChI=1S/C18H16BrClN2O/c1-23-15-5-2-13(3-6-15)12-22-9-8-21-18(22)11-14-4-7-17(20)16(19)10-14/h2-10H,11-12H2,1H3. The van der Waals surface area contributed by atoms with Crippen LogP contribution in [-0.4, -0.2) is 16.7 Å². The van der Waals surface area contributed by atoms with Crippen molar-refractivity contribution in [3.8, 4) is 5.75 Å². The first kappa shape index (κ1) is 16.1. The number of halogens is 2. The summed E-state index contributed by atoms with van der Waals surface area (Å²) in [6.07, 6.45) is 4.60. The Morgan fingerprint density at radius 1 is 1.13 bits per heavy atom. The number of aromatic nitrogens is 2. The molecule has 0 saturated heterocycles. The maximum Gasteiger partial charge on any atom is 0.118 e. The molecule has 3 aromatic rings. The zero-order chi connectivity index (χ0) is 16.2. The monoisotopic (exact) mass is 390 g/mol. The molecule has 0 fully saturated rings. The van der Waals surface area contributed by atoms with Crippen molar-refractivity contribution in [2.45, 2.75) is 13.0 Å². The number of rotatable bonds is 5. The molecule has 23 heavy (non-hydrogen) atoms. The highest BCUT2D eigenvalue weighted by atomic mass is 79.9. The SMILES string of the molecule is COc1ccc(Cn2ccnc2Cc2ccc(Cl)c(Br)c2)cc1. The Hall–Kier alpha value is -1.78. The number of methoxy groups -OCH3 is 1. The Balaban J connectivity index is 1.77. The maximum absolute atomic E-state index is 6.05. The van der Waals surface area contributed by atoms with Crippen LogP contribution < -0.4 is 4.74 Å². The van der Waals surface area contributed by atoms with Gasteiger partial charge in [0, 0.05) is 29.8 Å². The third-order valence-corrected chi connectivity index (χ3v) is 4.87. The Bertz CT molecular complexity index is 799. The molecule has 2 aromatic carbocycles. The second-order valence-corrected chi connectivity index (χ2v) is 6.51. The van der Waals surface area contributed by atoms with E-state index in [4.69, 9.17) is 16.3 Å². The number of nitrogens with zero attached hydrogens (tertiary/aromatic N) is 2. The number of benzene rings is 2. The molecule has 0 saturated carbocycles. The lowest BCUT2D eigenvalue weighted by molar-refractivity contribution is 0.414. The Kier molecular flexibility index (Phi) is 5.03. The molecule has 0 amide bonds.